The summed E-state index contributed by atoms with van der Waals surface area (Å²) in [5.41, 5.74) is 2.71. The minimum absolute atomic E-state index is 0.401. The average Bonchev–Trinajstić information content (AvgIpc) is 2.67. The predicted molar refractivity (Wildman–Crippen MR) is 86.9 cm³/mol. The first-order chi connectivity index (χ1) is 9.22. The smallest absolute Gasteiger partial charge is 0.0377 e. The second kappa shape index (κ2) is 7.30. The molecule has 0 bridgehead atoms. The van der Waals surface area contributed by atoms with Crippen molar-refractivity contribution in [3.05, 3.63) is 28.2 Å². The third-order valence-electron chi connectivity index (χ3n) is 3.93. The van der Waals surface area contributed by atoms with Crippen LogP contribution in [-0.2, 0) is 0 Å². The molecule has 1 saturated heterocycles. The second-order valence-corrected chi connectivity index (χ2v) is 6.24. The molecular weight excluding hydrogens is 300 g/mol. The molecule has 0 aliphatic carbocycles. The van der Waals surface area contributed by atoms with Crippen molar-refractivity contribution in [1.82, 2.24) is 5.32 Å². The number of nitrogens with one attached hydrogen (secondary N) is 1. The van der Waals surface area contributed by atoms with Crippen LogP contribution in [0.1, 0.15) is 51.1 Å². The summed E-state index contributed by atoms with van der Waals surface area (Å²) >= 11 is 3.74. The Balaban J connectivity index is 2.13. The number of benzene rings is 1. The molecule has 106 valence electrons. The highest BCUT2D eigenvalue weighted by molar-refractivity contribution is 9.10. The Bertz CT molecular complexity index is 398. The van der Waals surface area contributed by atoms with Crippen LogP contribution < -0.4 is 10.2 Å². The fourth-order valence-corrected chi connectivity index (χ4v) is 3.52. The Morgan fingerprint density at radius 2 is 1.89 bits per heavy atom. The molecule has 0 radical (unpaired) electrons. The quantitative estimate of drug-likeness (QED) is 0.877. The number of hydrogen-bond acceptors (Lipinski definition) is 2. The molecule has 1 unspecified atom stereocenters. The monoisotopic (exact) mass is 324 g/mol. The van der Waals surface area contributed by atoms with Crippen LogP contribution in [-0.4, -0.2) is 19.6 Å². The Hall–Kier alpha value is -0.540. The number of anilines is 1. The summed E-state index contributed by atoms with van der Waals surface area (Å²) < 4.78 is 1.22. The van der Waals surface area contributed by atoms with Crippen molar-refractivity contribution in [2.75, 3.05) is 24.5 Å². The average molecular weight is 325 g/mol. The lowest BCUT2D eigenvalue weighted by Crippen LogP contribution is -2.24. The van der Waals surface area contributed by atoms with E-state index in [4.69, 9.17) is 0 Å². The SMILES string of the molecule is CCNC(C)c1ccc(N2CCCCCC2)cc1Br. The highest BCUT2D eigenvalue weighted by Gasteiger charge is 2.13. The Kier molecular flexibility index (Phi) is 5.71. The van der Waals surface area contributed by atoms with E-state index >= 15 is 0 Å². The highest BCUT2D eigenvalue weighted by atomic mass is 79.9. The summed E-state index contributed by atoms with van der Waals surface area (Å²) in [6, 6.07) is 7.23. The number of rotatable bonds is 4. The lowest BCUT2D eigenvalue weighted by atomic mass is 10.1. The van der Waals surface area contributed by atoms with Crippen molar-refractivity contribution in [3.8, 4) is 0 Å². The second-order valence-electron chi connectivity index (χ2n) is 5.39. The van der Waals surface area contributed by atoms with E-state index in [1.807, 2.05) is 0 Å². The van der Waals surface area contributed by atoms with Crippen LogP contribution in [0.3, 0.4) is 0 Å². The van der Waals surface area contributed by atoms with Crippen LogP contribution in [0.4, 0.5) is 5.69 Å². The maximum absolute atomic E-state index is 3.74. The number of hydrogen-bond donors (Lipinski definition) is 1. The van der Waals surface area contributed by atoms with E-state index < -0.39 is 0 Å². The summed E-state index contributed by atoms with van der Waals surface area (Å²) in [6.07, 6.45) is 5.42. The maximum Gasteiger partial charge on any atom is 0.0377 e. The van der Waals surface area contributed by atoms with Crippen molar-refractivity contribution in [2.45, 2.75) is 45.6 Å². The fraction of sp³-hybridized carbons (Fsp3) is 0.625. The summed E-state index contributed by atoms with van der Waals surface area (Å²) in [5.74, 6) is 0. The minimum atomic E-state index is 0.401. The van der Waals surface area contributed by atoms with Crippen LogP contribution in [0.5, 0.6) is 0 Å². The fourth-order valence-electron chi connectivity index (χ4n) is 2.81. The molecule has 0 aromatic heterocycles. The van der Waals surface area contributed by atoms with E-state index in [1.165, 1.54) is 54.5 Å². The Morgan fingerprint density at radius 3 is 2.47 bits per heavy atom. The van der Waals surface area contributed by atoms with Gasteiger partial charge >= 0.3 is 0 Å². The summed E-state index contributed by atoms with van der Waals surface area (Å²) in [7, 11) is 0. The van der Waals surface area contributed by atoms with E-state index in [2.05, 4.69) is 58.2 Å². The van der Waals surface area contributed by atoms with Gasteiger partial charge in [0.15, 0.2) is 0 Å². The minimum Gasteiger partial charge on any atom is -0.372 e. The van der Waals surface area contributed by atoms with Crippen LogP contribution in [0, 0.1) is 0 Å². The molecule has 1 aliphatic rings. The van der Waals surface area contributed by atoms with Crippen molar-refractivity contribution in [3.63, 3.8) is 0 Å². The van der Waals surface area contributed by atoms with Gasteiger partial charge in [-0.25, -0.2) is 0 Å². The van der Waals surface area contributed by atoms with Crippen molar-refractivity contribution >= 4 is 21.6 Å². The van der Waals surface area contributed by atoms with Gasteiger partial charge in [-0.2, -0.15) is 0 Å². The van der Waals surface area contributed by atoms with E-state index in [0.717, 1.165) is 6.54 Å². The number of halogens is 1. The van der Waals surface area contributed by atoms with Gasteiger partial charge in [0.25, 0.3) is 0 Å². The molecule has 3 heteroatoms. The van der Waals surface area contributed by atoms with Gasteiger partial charge in [-0.15, -0.1) is 0 Å². The molecule has 1 aromatic carbocycles. The predicted octanol–water partition coefficient (Wildman–Crippen LogP) is 4.50. The molecule has 1 atom stereocenters. The molecule has 0 saturated carbocycles. The van der Waals surface area contributed by atoms with E-state index in [9.17, 15) is 0 Å². The van der Waals surface area contributed by atoms with Gasteiger partial charge < -0.3 is 10.2 Å². The van der Waals surface area contributed by atoms with Crippen molar-refractivity contribution < 1.29 is 0 Å². The Morgan fingerprint density at radius 1 is 1.21 bits per heavy atom. The first kappa shape index (κ1) is 14.9. The first-order valence-electron chi connectivity index (χ1n) is 7.50. The van der Waals surface area contributed by atoms with Crippen molar-refractivity contribution in [1.29, 1.82) is 0 Å². The molecule has 2 rings (SSSR count). The lowest BCUT2D eigenvalue weighted by molar-refractivity contribution is 0.596. The summed E-state index contributed by atoms with van der Waals surface area (Å²) in [6.45, 7) is 7.77. The van der Waals surface area contributed by atoms with Crippen LogP contribution in [0.2, 0.25) is 0 Å². The van der Waals surface area contributed by atoms with E-state index in [-0.39, 0.29) is 0 Å². The molecule has 19 heavy (non-hydrogen) atoms. The summed E-state index contributed by atoms with van der Waals surface area (Å²) in [4.78, 5) is 2.53. The largest absolute Gasteiger partial charge is 0.372 e. The molecule has 1 aliphatic heterocycles. The van der Waals surface area contributed by atoms with Crippen molar-refractivity contribution in [2.24, 2.45) is 0 Å². The zero-order valence-electron chi connectivity index (χ0n) is 12.1. The standard InChI is InChI=1S/C16H25BrN2/c1-3-18-13(2)15-9-8-14(12-16(15)17)19-10-6-4-5-7-11-19/h8-9,12-13,18H,3-7,10-11H2,1-2H3. The maximum atomic E-state index is 3.74. The molecular formula is C16H25BrN2. The highest BCUT2D eigenvalue weighted by Crippen LogP contribution is 2.29. The van der Waals surface area contributed by atoms with Gasteiger partial charge in [0.1, 0.15) is 0 Å². The van der Waals surface area contributed by atoms with Crippen LogP contribution >= 0.6 is 15.9 Å². The normalized spacial score (nSPS) is 18.2. The molecule has 1 heterocycles. The topological polar surface area (TPSA) is 15.3 Å². The van der Waals surface area contributed by atoms with Gasteiger partial charge in [-0.05, 0) is 44.0 Å². The zero-order chi connectivity index (χ0) is 13.7. The van der Waals surface area contributed by atoms with Gasteiger partial charge in [0.05, 0.1) is 0 Å². The molecule has 1 aromatic rings. The third kappa shape index (κ3) is 3.96. The van der Waals surface area contributed by atoms with Crippen LogP contribution in [0.25, 0.3) is 0 Å². The zero-order valence-corrected chi connectivity index (χ0v) is 13.7. The van der Waals surface area contributed by atoms with Gasteiger partial charge in [0, 0.05) is 29.3 Å². The van der Waals surface area contributed by atoms with E-state index in [1.54, 1.807) is 0 Å². The summed E-state index contributed by atoms with van der Waals surface area (Å²) in [5, 5.41) is 3.47. The van der Waals surface area contributed by atoms with Gasteiger partial charge in [-0.3, -0.25) is 0 Å². The molecule has 1 N–H and O–H groups in total. The van der Waals surface area contributed by atoms with Gasteiger partial charge in [-0.1, -0.05) is 41.8 Å². The first-order valence-corrected chi connectivity index (χ1v) is 8.29. The molecule has 0 amide bonds. The van der Waals surface area contributed by atoms with Crippen LogP contribution in [0.15, 0.2) is 22.7 Å². The Labute approximate surface area is 125 Å². The number of nitrogens with zero attached hydrogens (tertiary/aromatic N) is 1. The van der Waals surface area contributed by atoms with E-state index in [0.29, 0.717) is 6.04 Å². The third-order valence-corrected chi connectivity index (χ3v) is 4.62. The molecule has 2 nitrogen and oxygen atoms in total. The lowest BCUT2D eigenvalue weighted by Gasteiger charge is -2.24. The molecule has 0 spiro atoms. The van der Waals surface area contributed by atoms with Gasteiger partial charge in [0.2, 0.25) is 0 Å². The molecule has 1 fully saturated rings.